The summed E-state index contributed by atoms with van der Waals surface area (Å²) in [5.41, 5.74) is 1.76. The highest BCUT2D eigenvalue weighted by atomic mass is 79.9. The van der Waals surface area contributed by atoms with Crippen LogP contribution in [0.25, 0.3) is 6.08 Å². The third-order valence-electron chi connectivity index (χ3n) is 3.82. The van der Waals surface area contributed by atoms with E-state index in [4.69, 9.17) is 11.2 Å². The van der Waals surface area contributed by atoms with Crippen molar-refractivity contribution < 1.29 is 19.7 Å². The van der Waals surface area contributed by atoms with Gasteiger partial charge in [-0.3, -0.25) is 4.79 Å². The number of carbonyl (C=O) groups excluding carboxylic acids is 1. The van der Waals surface area contributed by atoms with Gasteiger partial charge >= 0.3 is 0 Å². The average Bonchev–Trinajstić information content (AvgIpc) is 2.75. The molecule has 0 aliphatic heterocycles. The van der Waals surface area contributed by atoms with Crippen LogP contribution in [-0.2, 0) is 4.79 Å². The molecule has 2 aromatic carbocycles. The maximum absolute atomic E-state index is 12.2. The molecule has 1 heterocycles. The van der Waals surface area contributed by atoms with Crippen LogP contribution in [0, 0.1) is 12.3 Å². The number of nitrogens with zero attached hydrogens (tertiary/aromatic N) is 2. The van der Waals surface area contributed by atoms with Crippen LogP contribution >= 0.6 is 15.9 Å². The number of rotatable bonds is 7. The Morgan fingerprint density at radius 3 is 2.77 bits per heavy atom. The molecule has 0 spiro atoms. The van der Waals surface area contributed by atoms with Crippen molar-refractivity contribution >= 4 is 45.2 Å². The van der Waals surface area contributed by atoms with E-state index in [0.29, 0.717) is 33.2 Å². The van der Waals surface area contributed by atoms with E-state index in [1.807, 2.05) is 0 Å². The Morgan fingerprint density at radius 1 is 1.19 bits per heavy atom. The number of hydrogen-bond donors (Lipinski definition) is 4. The van der Waals surface area contributed by atoms with Crippen molar-refractivity contribution in [1.29, 1.82) is 0 Å². The normalized spacial score (nSPS) is 10.5. The molecule has 3 rings (SSSR count). The first kappa shape index (κ1) is 21.7. The molecule has 1 amide bonds. The molecule has 0 saturated heterocycles. The van der Waals surface area contributed by atoms with Gasteiger partial charge in [0, 0.05) is 17.5 Å². The number of halogens is 1. The summed E-state index contributed by atoms with van der Waals surface area (Å²) in [6.45, 7) is 0.0772. The van der Waals surface area contributed by atoms with Crippen molar-refractivity contribution in [2.75, 3.05) is 17.2 Å². The van der Waals surface area contributed by atoms with E-state index in [1.165, 1.54) is 24.3 Å². The number of benzene rings is 2. The van der Waals surface area contributed by atoms with Gasteiger partial charge in [0.25, 0.3) is 0 Å². The summed E-state index contributed by atoms with van der Waals surface area (Å²) in [6.07, 6.45) is 9.58. The molecule has 0 atom stereocenters. The minimum absolute atomic E-state index is 0.0772. The SMILES string of the molecule is C#CCOc1nc(Nc2cccc(NC(=O)C=Cc3ccc(O)c(O)c3)c2)ncc1Br. The molecule has 0 radical (unpaired) electrons. The Hall–Kier alpha value is -4.03. The smallest absolute Gasteiger partial charge is 0.248 e. The summed E-state index contributed by atoms with van der Waals surface area (Å²) in [6, 6.07) is 11.3. The van der Waals surface area contributed by atoms with Gasteiger partial charge in [0.15, 0.2) is 18.1 Å². The Morgan fingerprint density at radius 2 is 2.00 bits per heavy atom. The highest BCUT2D eigenvalue weighted by molar-refractivity contribution is 9.10. The number of hydrogen-bond acceptors (Lipinski definition) is 7. The lowest BCUT2D eigenvalue weighted by atomic mass is 10.2. The first-order valence-corrected chi connectivity index (χ1v) is 9.71. The zero-order valence-corrected chi connectivity index (χ0v) is 17.6. The Labute approximate surface area is 186 Å². The van der Waals surface area contributed by atoms with Crippen LogP contribution in [0.5, 0.6) is 17.4 Å². The largest absolute Gasteiger partial charge is 0.504 e. The van der Waals surface area contributed by atoms with Gasteiger partial charge < -0.3 is 25.6 Å². The van der Waals surface area contributed by atoms with Crippen molar-refractivity contribution in [3.63, 3.8) is 0 Å². The van der Waals surface area contributed by atoms with Crippen LogP contribution in [0.1, 0.15) is 5.56 Å². The number of phenolic OH excluding ortho intramolecular Hbond substituents is 2. The molecule has 1 aromatic heterocycles. The van der Waals surface area contributed by atoms with E-state index in [1.54, 1.807) is 36.5 Å². The molecule has 0 saturated carbocycles. The zero-order chi connectivity index (χ0) is 22.2. The van der Waals surface area contributed by atoms with E-state index < -0.39 is 0 Å². The second kappa shape index (κ2) is 10.1. The predicted molar refractivity (Wildman–Crippen MR) is 121 cm³/mol. The molecule has 0 aliphatic rings. The van der Waals surface area contributed by atoms with Crippen LogP contribution in [0.4, 0.5) is 17.3 Å². The lowest BCUT2D eigenvalue weighted by molar-refractivity contribution is -0.111. The van der Waals surface area contributed by atoms with E-state index in [9.17, 15) is 15.0 Å². The number of aromatic hydroxyl groups is 2. The van der Waals surface area contributed by atoms with Gasteiger partial charge in [0.1, 0.15) is 0 Å². The van der Waals surface area contributed by atoms with E-state index >= 15 is 0 Å². The van der Waals surface area contributed by atoms with Crippen molar-refractivity contribution in [3.05, 3.63) is 64.8 Å². The van der Waals surface area contributed by atoms with E-state index in [-0.39, 0.29) is 24.0 Å². The molecule has 9 heteroatoms. The number of carbonyl (C=O) groups is 1. The number of terminal acetylenes is 1. The van der Waals surface area contributed by atoms with Crippen LogP contribution in [0.15, 0.2) is 59.2 Å². The van der Waals surface area contributed by atoms with Crippen molar-refractivity contribution in [2.45, 2.75) is 0 Å². The Kier molecular flexibility index (Phi) is 7.09. The highest BCUT2D eigenvalue weighted by Gasteiger charge is 2.07. The topological polar surface area (TPSA) is 117 Å². The van der Waals surface area contributed by atoms with Gasteiger partial charge in [-0.05, 0) is 57.9 Å². The third-order valence-corrected chi connectivity index (χ3v) is 4.36. The number of aromatic nitrogens is 2. The van der Waals surface area contributed by atoms with Crippen molar-refractivity contribution in [2.24, 2.45) is 0 Å². The van der Waals surface area contributed by atoms with E-state index in [2.05, 4.69) is 42.5 Å². The van der Waals surface area contributed by atoms with Crippen LogP contribution in [0.2, 0.25) is 0 Å². The first-order valence-electron chi connectivity index (χ1n) is 8.91. The molecule has 0 fully saturated rings. The summed E-state index contributed by atoms with van der Waals surface area (Å²) < 4.78 is 5.92. The molecule has 8 nitrogen and oxygen atoms in total. The van der Waals surface area contributed by atoms with Gasteiger partial charge in [-0.15, -0.1) is 6.42 Å². The summed E-state index contributed by atoms with van der Waals surface area (Å²) in [5, 5.41) is 24.6. The number of nitrogens with one attached hydrogen (secondary N) is 2. The minimum Gasteiger partial charge on any atom is -0.504 e. The lowest BCUT2D eigenvalue weighted by Crippen LogP contribution is -2.08. The fourth-order valence-corrected chi connectivity index (χ4v) is 2.73. The fraction of sp³-hybridized carbons (Fsp3) is 0.0455. The number of anilines is 3. The highest BCUT2D eigenvalue weighted by Crippen LogP contribution is 2.26. The van der Waals surface area contributed by atoms with Gasteiger partial charge in [-0.25, -0.2) is 4.98 Å². The number of phenols is 2. The molecule has 0 bridgehead atoms. The second-order valence-electron chi connectivity index (χ2n) is 6.12. The molecule has 0 aliphatic carbocycles. The average molecular weight is 481 g/mol. The molecule has 0 unspecified atom stereocenters. The van der Waals surface area contributed by atoms with Gasteiger partial charge in [0.05, 0.1) is 10.7 Å². The molecule has 4 N–H and O–H groups in total. The maximum Gasteiger partial charge on any atom is 0.248 e. The number of ether oxygens (including phenoxy) is 1. The Balaban J connectivity index is 1.66. The standard InChI is InChI=1S/C22H17BrN4O4/c1-2-10-31-21-17(23)13-24-22(27-21)26-16-5-3-4-15(12-16)25-20(30)9-7-14-6-8-18(28)19(29)11-14/h1,3-9,11-13,28-29H,10H2,(H,25,30)(H,24,26,27). The summed E-state index contributed by atoms with van der Waals surface area (Å²) in [5.74, 6) is 2.13. The second-order valence-corrected chi connectivity index (χ2v) is 6.97. The van der Waals surface area contributed by atoms with Gasteiger partial charge in [-0.1, -0.05) is 18.1 Å². The molecule has 156 valence electrons. The van der Waals surface area contributed by atoms with Crippen molar-refractivity contribution in [3.8, 4) is 29.7 Å². The summed E-state index contributed by atoms with van der Waals surface area (Å²) in [7, 11) is 0. The van der Waals surface area contributed by atoms with Crippen LogP contribution in [-0.4, -0.2) is 32.7 Å². The molecular weight excluding hydrogens is 464 g/mol. The molecule has 3 aromatic rings. The van der Waals surface area contributed by atoms with Crippen LogP contribution in [0.3, 0.4) is 0 Å². The maximum atomic E-state index is 12.2. The minimum atomic E-state index is -0.366. The molecule has 31 heavy (non-hydrogen) atoms. The lowest BCUT2D eigenvalue weighted by Gasteiger charge is -2.09. The Bertz CT molecular complexity index is 1170. The van der Waals surface area contributed by atoms with Crippen LogP contribution < -0.4 is 15.4 Å². The zero-order valence-electron chi connectivity index (χ0n) is 16.0. The predicted octanol–water partition coefficient (Wildman–Crippen LogP) is 4.06. The van der Waals surface area contributed by atoms with E-state index in [0.717, 1.165) is 0 Å². The quantitative estimate of drug-likeness (QED) is 0.229. The number of amides is 1. The third kappa shape index (κ3) is 6.22. The van der Waals surface area contributed by atoms with Crippen molar-refractivity contribution in [1.82, 2.24) is 9.97 Å². The fourth-order valence-electron chi connectivity index (χ4n) is 2.43. The summed E-state index contributed by atoms with van der Waals surface area (Å²) >= 11 is 3.30. The van der Waals surface area contributed by atoms with Gasteiger partial charge in [-0.2, -0.15) is 4.98 Å². The van der Waals surface area contributed by atoms with Gasteiger partial charge in [0.2, 0.25) is 17.7 Å². The molecular formula is C22H17BrN4O4. The monoisotopic (exact) mass is 480 g/mol. The summed E-state index contributed by atoms with van der Waals surface area (Å²) in [4.78, 5) is 20.6. The first-order chi connectivity index (χ1) is 14.9.